The third-order valence-electron chi connectivity index (χ3n) is 5.70. The minimum atomic E-state index is 0.455. The van der Waals surface area contributed by atoms with E-state index in [0.717, 1.165) is 19.1 Å². The molecule has 4 saturated heterocycles. The van der Waals surface area contributed by atoms with Crippen LogP contribution < -0.4 is 0 Å². The van der Waals surface area contributed by atoms with E-state index in [4.69, 9.17) is 4.74 Å². The topological polar surface area (TPSA) is 15.7 Å². The molecule has 0 N–H and O–H groups in total. The summed E-state index contributed by atoms with van der Waals surface area (Å²) in [5.41, 5.74) is 0.455. The Morgan fingerprint density at radius 2 is 1.84 bits per heavy atom. The quantitative estimate of drug-likeness (QED) is 0.762. The highest BCUT2D eigenvalue weighted by molar-refractivity contribution is 5.05. The van der Waals surface area contributed by atoms with Crippen LogP contribution in [0.25, 0.3) is 0 Å². The second kappa shape index (κ2) is 5.01. The second-order valence-electron chi connectivity index (χ2n) is 7.59. The average Bonchev–Trinajstić information content (AvgIpc) is 2.62. The molecule has 3 atom stereocenters. The van der Waals surface area contributed by atoms with Gasteiger partial charge in [0.25, 0.3) is 0 Å². The highest BCUT2D eigenvalue weighted by Crippen LogP contribution is 2.47. The first-order chi connectivity index (χ1) is 9.02. The van der Waals surface area contributed by atoms with Crippen LogP contribution in [-0.4, -0.2) is 60.8 Å². The molecule has 4 aliphatic heterocycles. The summed E-state index contributed by atoms with van der Waals surface area (Å²) in [5, 5.41) is 0. The molecule has 3 heteroatoms. The summed E-state index contributed by atoms with van der Waals surface area (Å²) in [6.07, 6.45) is 2.67. The lowest BCUT2D eigenvalue weighted by Gasteiger charge is -2.50. The van der Waals surface area contributed by atoms with Gasteiger partial charge in [0.15, 0.2) is 0 Å². The first kappa shape index (κ1) is 13.8. The molecule has 0 aromatic carbocycles. The first-order valence-corrected chi connectivity index (χ1v) is 8.09. The molecule has 2 bridgehead atoms. The zero-order chi connectivity index (χ0) is 13.6. The molecule has 0 saturated carbocycles. The number of ether oxygens (including phenoxy) is 1. The predicted octanol–water partition coefficient (Wildman–Crippen LogP) is 2.22. The summed E-state index contributed by atoms with van der Waals surface area (Å²) in [7, 11) is 0. The Bertz CT molecular complexity index is 321. The minimum absolute atomic E-state index is 0.455. The second-order valence-corrected chi connectivity index (χ2v) is 7.59. The highest BCUT2D eigenvalue weighted by Gasteiger charge is 2.53. The monoisotopic (exact) mass is 266 g/mol. The smallest absolute Gasteiger partial charge is 0.0538 e. The normalized spacial score (nSPS) is 40.7. The van der Waals surface area contributed by atoms with Gasteiger partial charge in [-0.05, 0) is 46.5 Å². The summed E-state index contributed by atoms with van der Waals surface area (Å²) in [5.74, 6) is 0.838. The fourth-order valence-corrected chi connectivity index (χ4v) is 4.64. The maximum Gasteiger partial charge on any atom is 0.0538 e. The molecule has 4 rings (SSSR count). The SMILES string of the molecule is CC(C)N1CC2CN(C(C)C)C(C1)C1(CCOC1)C2. The van der Waals surface area contributed by atoms with Gasteiger partial charge in [0.2, 0.25) is 0 Å². The average molecular weight is 266 g/mol. The fourth-order valence-electron chi connectivity index (χ4n) is 4.64. The van der Waals surface area contributed by atoms with Gasteiger partial charge in [-0.15, -0.1) is 0 Å². The van der Waals surface area contributed by atoms with E-state index >= 15 is 0 Å². The van der Waals surface area contributed by atoms with Crippen molar-refractivity contribution in [2.24, 2.45) is 11.3 Å². The van der Waals surface area contributed by atoms with Crippen molar-refractivity contribution >= 4 is 0 Å². The van der Waals surface area contributed by atoms with Crippen molar-refractivity contribution in [2.75, 3.05) is 32.8 Å². The Morgan fingerprint density at radius 1 is 1.05 bits per heavy atom. The van der Waals surface area contributed by atoms with Crippen LogP contribution in [0, 0.1) is 11.3 Å². The largest absolute Gasteiger partial charge is 0.381 e. The van der Waals surface area contributed by atoms with E-state index in [1.54, 1.807) is 0 Å². The molecule has 1 spiro atoms. The molecule has 3 nitrogen and oxygen atoms in total. The van der Waals surface area contributed by atoms with Gasteiger partial charge >= 0.3 is 0 Å². The molecule has 110 valence electrons. The zero-order valence-corrected chi connectivity index (χ0v) is 13.1. The molecule has 0 aromatic heterocycles. The summed E-state index contributed by atoms with van der Waals surface area (Å²) in [4.78, 5) is 5.50. The van der Waals surface area contributed by atoms with Crippen LogP contribution in [0.5, 0.6) is 0 Å². The number of rotatable bonds is 2. The highest BCUT2D eigenvalue weighted by atomic mass is 16.5. The van der Waals surface area contributed by atoms with Crippen LogP contribution in [0.15, 0.2) is 0 Å². The third kappa shape index (κ3) is 2.34. The predicted molar refractivity (Wildman–Crippen MR) is 78.3 cm³/mol. The van der Waals surface area contributed by atoms with Crippen LogP contribution in [0.4, 0.5) is 0 Å². The van der Waals surface area contributed by atoms with E-state index in [-0.39, 0.29) is 0 Å². The first-order valence-electron chi connectivity index (χ1n) is 8.09. The van der Waals surface area contributed by atoms with Crippen molar-refractivity contribution in [3.63, 3.8) is 0 Å². The van der Waals surface area contributed by atoms with Gasteiger partial charge in [-0.2, -0.15) is 0 Å². The van der Waals surface area contributed by atoms with Crippen molar-refractivity contribution in [3.05, 3.63) is 0 Å². The van der Waals surface area contributed by atoms with Gasteiger partial charge in [0.1, 0.15) is 0 Å². The van der Waals surface area contributed by atoms with Gasteiger partial charge in [-0.3, -0.25) is 9.80 Å². The maximum atomic E-state index is 5.82. The summed E-state index contributed by atoms with van der Waals surface area (Å²) >= 11 is 0. The van der Waals surface area contributed by atoms with Crippen LogP contribution in [-0.2, 0) is 4.74 Å². The molecule has 4 fully saturated rings. The van der Waals surface area contributed by atoms with E-state index in [9.17, 15) is 0 Å². The number of fused-ring (bicyclic) bond motifs is 3. The number of hydrogen-bond donors (Lipinski definition) is 0. The Balaban J connectivity index is 1.91. The van der Waals surface area contributed by atoms with E-state index in [0.29, 0.717) is 23.5 Å². The lowest BCUT2D eigenvalue weighted by molar-refractivity contribution is -0.0233. The summed E-state index contributed by atoms with van der Waals surface area (Å²) in [6, 6.07) is 2.04. The third-order valence-corrected chi connectivity index (χ3v) is 5.70. The standard InChI is InChI=1S/C16H30N2O/c1-12(2)17-8-14-7-16(5-6-19-11-16)15(10-17)18(9-14)13(3)4/h12-15H,5-11H2,1-4H3. The summed E-state index contributed by atoms with van der Waals surface area (Å²) < 4.78 is 5.82. The minimum Gasteiger partial charge on any atom is -0.381 e. The fraction of sp³-hybridized carbons (Fsp3) is 1.00. The van der Waals surface area contributed by atoms with E-state index in [1.807, 2.05) is 0 Å². The van der Waals surface area contributed by atoms with E-state index < -0.39 is 0 Å². The van der Waals surface area contributed by atoms with Gasteiger partial charge in [0.05, 0.1) is 6.61 Å². The lowest BCUT2D eigenvalue weighted by atomic mass is 9.69. The van der Waals surface area contributed by atoms with Gasteiger partial charge in [-0.25, -0.2) is 0 Å². The van der Waals surface area contributed by atoms with E-state index in [2.05, 4.69) is 37.5 Å². The molecule has 4 heterocycles. The lowest BCUT2D eigenvalue weighted by Crippen LogP contribution is -2.58. The van der Waals surface area contributed by atoms with Crippen molar-refractivity contribution in [1.29, 1.82) is 0 Å². The van der Waals surface area contributed by atoms with Gasteiger partial charge in [0, 0.05) is 49.8 Å². The van der Waals surface area contributed by atoms with Crippen LogP contribution in [0.3, 0.4) is 0 Å². The molecule has 4 aliphatic rings. The van der Waals surface area contributed by atoms with Crippen LogP contribution >= 0.6 is 0 Å². The van der Waals surface area contributed by atoms with Crippen molar-refractivity contribution in [3.8, 4) is 0 Å². The Hall–Kier alpha value is -0.120. The molecule has 0 aliphatic carbocycles. The summed E-state index contributed by atoms with van der Waals surface area (Å²) in [6.45, 7) is 15.3. The molecule has 19 heavy (non-hydrogen) atoms. The molecule has 0 amide bonds. The molecule has 0 aromatic rings. The van der Waals surface area contributed by atoms with Crippen LogP contribution in [0.1, 0.15) is 40.5 Å². The Labute approximate surface area is 118 Å². The number of nitrogens with zero attached hydrogens (tertiary/aromatic N) is 2. The van der Waals surface area contributed by atoms with Gasteiger partial charge < -0.3 is 4.74 Å². The zero-order valence-electron chi connectivity index (χ0n) is 13.1. The molecular weight excluding hydrogens is 236 g/mol. The molecule has 0 radical (unpaired) electrons. The van der Waals surface area contributed by atoms with Crippen molar-refractivity contribution in [1.82, 2.24) is 9.80 Å². The Kier molecular flexibility index (Phi) is 3.65. The number of piperidine rings is 1. The molecule has 3 unspecified atom stereocenters. The van der Waals surface area contributed by atoms with Crippen molar-refractivity contribution in [2.45, 2.75) is 58.7 Å². The van der Waals surface area contributed by atoms with Crippen molar-refractivity contribution < 1.29 is 4.74 Å². The maximum absolute atomic E-state index is 5.82. The van der Waals surface area contributed by atoms with Gasteiger partial charge in [-0.1, -0.05) is 0 Å². The van der Waals surface area contributed by atoms with E-state index in [1.165, 1.54) is 32.5 Å². The Morgan fingerprint density at radius 3 is 2.42 bits per heavy atom. The van der Waals surface area contributed by atoms with Crippen LogP contribution in [0.2, 0.25) is 0 Å². The number of hydrogen-bond acceptors (Lipinski definition) is 3. The molecular formula is C16H30N2O.